The first kappa shape index (κ1) is 16.8. The van der Waals surface area contributed by atoms with Crippen molar-refractivity contribution >= 4 is 27.7 Å². The van der Waals surface area contributed by atoms with Crippen LogP contribution in [-0.2, 0) is 4.79 Å². The van der Waals surface area contributed by atoms with E-state index in [1.165, 1.54) is 5.52 Å². The number of rotatable bonds is 3. The zero-order valence-corrected chi connectivity index (χ0v) is 15.1. The van der Waals surface area contributed by atoms with Crippen LogP contribution < -0.4 is 0 Å². The van der Waals surface area contributed by atoms with Crippen LogP contribution in [-0.4, -0.2) is 20.3 Å². The highest BCUT2D eigenvalue weighted by Crippen LogP contribution is 2.36. The maximum atomic E-state index is 12.4. The van der Waals surface area contributed by atoms with Crippen molar-refractivity contribution < 1.29 is 4.79 Å². The Hall–Kier alpha value is -2.61. The summed E-state index contributed by atoms with van der Waals surface area (Å²) in [6.45, 7) is 2.17. The molecule has 26 heavy (non-hydrogen) atoms. The van der Waals surface area contributed by atoms with Crippen LogP contribution in [0.5, 0.6) is 0 Å². The van der Waals surface area contributed by atoms with Crippen molar-refractivity contribution in [2.24, 2.45) is 11.8 Å². The van der Waals surface area contributed by atoms with E-state index in [2.05, 4.69) is 39.8 Å². The fraction of sp³-hybridized carbons (Fsp3) is 0.476. The summed E-state index contributed by atoms with van der Waals surface area (Å²) in [5, 5.41) is 11.2. The summed E-state index contributed by atoms with van der Waals surface area (Å²) < 4.78 is 2.38. The van der Waals surface area contributed by atoms with Crippen molar-refractivity contribution in [2.45, 2.75) is 51.5 Å². The lowest BCUT2D eigenvalue weighted by Crippen LogP contribution is -2.25. The summed E-state index contributed by atoms with van der Waals surface area (Å²) in [4.78, 5) is 20.1. The van der Waals surface area contributed by atoms with Crippen molar-refractivity contribution in [3.05, 3.63) is 30.7 Å². The molecule has 0 bridgehead atoms. The summed E-state index contributed by atoms with van der Waals surface area (Å²) in [5.74, 6) is 0.516. The molecule has 3 atom stereocenters. The zero-order valence-electron chi connectivity index (χ0n) is 15.1. The monoisotopic (exact) mass is 348 g/mol. The Balaban J connectivity index is 1.66. The van der Waals surface area contributed by atoms with Gasteiger partial charge in [-0.1, -0.05) is 13.3 Å². The second-order valence-corrected chi connectivity index (χ2v) is 7.57. The highest BCUT2D eigenvalue weighted by molar-refractivity contribution is 6.02. The molecule has 0 saturated heterocycles. The first-order valence-electron chi connectivity index (χ1n) is 9.51. The molecule has 3 unspecified atom stereocenters. The number of aromatic amines is 1. The van der Waals surface area contributed by atoms with Gasteiger partial charge in [-0.25, -0.2) is 4.98 Å². The average Bonchev–Trinajstić information content (AvgIpc) is 3.24. The summed E-state index contributed by atoms with van der Waals surface area (Å²) in [5.41, 5.74) is 2.15. The topological polar surface area (TPSA) is 74.5 Å². The van der Waals surface area contributed by atoms with Crippen LogP contribution in [0, 0.1) is 23.2 Å². The second-order valence-electron chi connectivity index (χ2n) is 7.57. The van der Waals surface area contributed by atoms with E-state index in [-0.39, 0.29) is 18.1 Å². The van der Waals surface area contributed by atoms with Crippen molar-refractivity contribution in [1.29, 1.82) is 5.26 Å². The number of nitrogens with one attached hydrogen (secondary N) is 1. The first-order valence-corrected chi connectivity index (χ1v) is 9.51. The lowest BCUT2D eigenvalue weighted by Gasteiger charge is -2.30. The van der Waals surface area contributed by atoms with E-state index in [0.29, 0.717) is 12.0 Å². The van der Waals surface area contributed by atoms with E-state index in [9.17, 15) is 4.79 Å². The van der Waals surface area contributed by atoms with Gasteiger partial charge in [0, 0.05) is 41.3 Å². The molecule has 1 aliphatic carbocycles. The quantitative estimate of drug-likeness (QED) is 0.741. The largest absolute Gasteiger partial charge is 0.346 e. The van der Waals surface area contributed by atoms with Gasteiger partial charge in [0.2, 0.25) is 0 Å². The molecule has 1 fully saturated rings. The number of aromatic nitrogens is 3. The number of ketones is 1. The molecule has 5 heteroatoms. The molecular weight excluding hydrogens is 324 g/mol. The minimum Gasteiger partial charge on any atom is -0.346 e. The van der Waals surface area contributed by atoms with E-state index in [4.69, 9.17) is 5.26 Å². The molecule has 4 rings (SSSR count). The van der Waals surface area contributed by atoms with Crippen LogP contribution in [0.15, 0.2) is 30.7 Å². The number of carbonyl (C=O) groups excluding carboxylic acids is 1. The molecule has 1 saturated carbocycles. The molecule has 1 aliphatic rings. The van der Waals surface area contributed by atoms with E-state index < -0.39 is 0 Å². The van der Waals surface area contributed by atoms with E-state index in [1.54, 1.807) is 0 Å². The van der Waals surface area contributed by atoms with E-state index in [1.807, 2.05) is 18.5 Å². The number of pyridine rings is 1. The third-order valence-electron chi connectivity index (χ3n) is 6.01. The molecular formula is C21H24N4O. The molecule has 0 radical (unpaired) electrons. The number of nitrogens with zero attached hydrogens (tertiary/aromatic N) is 3. The van der Waals surface area contributed by atoms with Crippen molar-refractivity contribution in [3.8, 4) is 6.07 Å². The maximum Gasteiger partial charge on any atom is 0.150 e. The van der Waals surface area contributed by atoms with Crippen LogP contribution in [0.1, 0.15) is 51.5 Å². The van der Waals surface area contributed by atoms with Crippen molar-refractivity contribution in [3.63, 3.8) is 0 Å². The minimum absolute atomic E-state index is 0.0215. The Labute approximate surface area is 153 Å². The summed E-state index contributed by atoms with van der Waals surface area (Å²) >= 11 is 0. The van der Waals surface area contributed by atoms with Gasteiger partial charge in [-0.15, -0.1) is 0 Å². The lowest BCUT2D eigenvalue weighted by atomic mass is 9.78. The average molecular weight is 348 g/mol. The standard InChI is InChI=1S/C21H24N4O/c1-14-3-2-4-16(5-6-17(14)19(26)7-10-22)25-12-9-15-13-24-21-18(20(15)25)8-11-23-21/h8-9,11-14,16-17H,2-7H2,1H3,(H,23,24). The number of carbonyl (C=O) groups is 1. The number of hydrogen-bond donors (Lipinski definition) is 1. The summed E-state index contributed by atoms with van der Waals surface area (Å²) in [7, 11) is 0. The molecule has 3 heterocycles. The Bertz CT molecular complexity index is 977. The number of Topliss-reactive ketones (excluding diaryl/α,β-unsaturated/α-hetero) is 1. The molecule has 0 aromatic carbocycles. The molecule has 1 N–H and O–H groups in total. The van der Waals surface area contributed by atoms with Crippen LogP contribution in [0.3, 0.4) is 0 Å². The van der Waals surface area contributed by atoms with Gasteiger partial charge in [-0.3, -0.25) is 4.79 Å². The van der Waals surface area contributed by atoms with Gasteiger partial charge in [0.25, 0.3) is 0 Å². The van der Waals surface area contributed by atoms with E-state index in [0.717, 1.165) is 48.5 Å². The summed E-state index contributed by atoms with van der Waals surface area (Å²) in [6.07, 6.45) is 11.2. The number of nitriles is 1. The SMILES string of the molecule is CC1CCCC(n2ccc3cnc4[nH]ccc4c32)CCC1C(=O)CC#N. The normalized spacial score (nSPS) is 24.2. The zero-order chi connectivity index (χ0) is 18.1. The van der Waals surface area contributed by atoms with Crippen LogP contribution in [0.4, 0.5) is 0 Å². The second kappa shape index (κ2) is 6.95. The Morgan fingerprint density at radius 1 is 1.35 bits per heavy atom. The van der Waals surface area contributed by atoms with Gasteiger partial charge in [-0.05, 0) is 43.7 Å². The first-order chi connectivity index (χ1) is 12.7. The third-order valence-corrected chi connectivity index (χ3v) is 6.01. The van der Waals surface area contributed by atoms with Crippen molar-refractivity contribution in [1.82, 2.24) is 14.5 Å². The molecule has 0 spiro atoms. The predicted molar refractivity (Wildman–Crippen MR) is 102 cm³/mol. The van der Waals surface area contributed by atoms with Crippen LogP contribution >= 0.6 is 0 Å². The highest BCUT2D eigenvalue weighted by Gasteiger charge is 2.28. The van der Waals surface area contributed by atoms with Gasteiger partial charge in [0.1, 0.15) is 11.4 Å². The van der Waals surface area contributed by atoms with Crippen LogP contribution in [0.2, 0.25) is 0 Å². The predicted octanol–water partition coefficient (Wildman–Crippen LogP) is 4.76. The summed E-state index contributed by atoms with van der Waals surface area (Å²) in [6, 6.07) is 6.65. The molecule has 3 aromatic heterocycles. The molecule has 5 nitrogen and oxygen atoms in total. The van der Waals surface area contributed by atoms with Gasteiger partial charge in [-0.2, -0.15) is 5.26 Å². The number of fused-ring (bicyclic) bond motifs is 3. The Morgan fingerprint density at radius 2 is 2.23 bits per heavy atom. The Morgan fingerprint density at radius 3 is 3.08 bits per heavy atom. The smallest absolute Gasteiger partial charge is 0.150 e. The third kappa shape index (κ3) is 2.90. The van der Waals surface area contributed by atoms with Crippen LogP contribution in [0.25, 0.3) is 21.9 Å². The molecule has 134 valence electrons. The van der Waals surface area contributed by atoms with E-state index >= 15 is 0 Å². The fourth-order valence-electron chi connectivity index (χ4n) is 4.60. The number of H-pyrrole nitrogens is 1. The Kier molecular flexibility index (Phi) is 4.50. The lowest BCUT2D eigenvalue weighted by molar-refractivity contribution is -0.124. The number of hydrogen-bond acceptors (Lipinski definition) is 3. The molecule has 0 aliphatic heterocycles. The molecule has 3 aromatic rings. The van der Waals surface area contributed by atoms with Gasteiger partial charge in [0.15, 0.2) is 0 Å². The molecule has 0 amide bonds. The maximum absolute atomic E-state index is 12.4. The fourth-order valence-corrected chi connectivity index (χ4v) is 4.60. The van der Waals surface area contributed by atoms with Crippen molar-refractivity contribution in [2.75, 3.05) is 0 Å². The van der Waals surface area contributed by atoms with Gasteiger partial charge >= 0.3 is 0 Å². The highest BCUT2D eigenvalue weighted by atomic mass is 16.1. The van der Waals surface area contributed by atoms with Gasteiger partial charge in [0.05, 0.1) is 18.0 Å². The minimum atomic E-state index is 0.0215. The van der Waals surface area contributed by atoms with Gasteiger partial charge < -0.3 is 9.55 Å².